The number of nitro groups is 1. The fourth-order valence-electron chi connectivity index (χ4n) is 4.10. The lowest BCUT2D eigenvalue weighted by molar-refractivity contribution is -0.384. The molecule has 2 aliphatic rings. The summed E-state index contributed by atoms with van der Waals surface area (Å²) in [5.41, 5.74) is 0.764. The van der Waals surface area contributed by atoms with Crippen LogP contribution in [0.5, 0.6) is 0 Å². The van der Waals surface area contributed by atoms with Gasteiger partial charge < -0.3 is 5.32 Å². The lowest BCUT2D eigenvalue weighted by Gasteiger charge is -2.24. The van der Waals surface area contributed by atoms with E-state index in [2.05, 4.69) is 14.8 Å². The molecule has 1 aliphatic heterocycles. The van der Waals surface area contributed by atoms with Crippen molar-refractivity contribution in [3.8, 4) is 0 Å². The van der Waals surface area contributed by atoms with E-state index >= 15 is 0 Å². The maximum absolute atomic E-state index is 12.6. The van der Waals surface area contributed by atoms with Gasteiger partial charge in [0.05, 0.1) is 17.7 Å². The van der Waals surface area contributed by atoms with Crippen LogP contribution in [-0.2, 0) is 14.8 Å². The number of hydrogen-bond acceptors (Lipinski definition) is 7. The summed E-state index contributed by atoms with van der Waals surface area (Å²) >= 11 is 0. The minimum atomic E-state index is -3.88. The quantitative estimate of drug-likeness (QED) is 0.365. The summed E-state index contributed by atoms with van der Waals surface area (Å²) in [6.45, 7) is 0.0899. The van der Waals surface area contributed by atoms with Crippen LogP contribution in [0.4, 0.5) is 5.69 Å². The molecule has 1 aliphatic carbocycles. The number of benzene rings is 2. The van der Waals surface area contributed by atoms with Crippen LogP contribution in [-0.4, -0.2) is 48.9 Å². The molecule has 10 nitrogen and oxygen atoms in total. The first-order chi connectivity index (χ1) is 16.3. The molecule has 1 fully saturated rings. The van der Waals surface area contributed by atoms with Crippen molar-refractivity contribution in [2.45, 2.75) is 49.5 Å². The average molecular weight is 484 g/mol. The van der Waals surface area contributed by atoms with Crippen LogP contribution >= 0.6 is 0 Å². The zero-order valence-electron chi connectivity index (χ0n) is 18.5. The minimum Gasteiger partial charge on any atom is -0.353 e. The Morgan fingerprint density at radius 3 is 2.71 bits per heavy atom. The van der Waals surface area contributed by atoms with Crippen molar-refractivity contribution in [2.75, 3.05) is 6.54 Å². The summed E-state index contributed by atoms with van der Waals surface area (Å²) in [6, 6.07) is 12.5. The molecule has 1 saturated carbocycles. The zero-order chi connectivity index (χ0) is 24.1. The highest BCUT2D eigenvalue weighted by Crippen LogP contribution is 2.28. The van der Waals surface area contributed by atoms with E-state index in [9.17, 15) is 23.3 Å². The number of hydrazone groups is 1. The van der Waals surface area contributed by atoms with Crippen molar-refractivity contribution >= 4 is 33.7 Å². The third-order valence-electron chi connectivity index (χ3n) is 5.81. The topological polar surface area (TPSA) is 134 Å². The van der Waals surface area contributed by atoms with Crippen molar-refractivity contribution in [1.82, 2.24) is 10.3 Å². The van der Waals surface area contributed by atoms with Gasteiger partial charge in [-0.1, -0.05) is 43.5 Å². The Hall–Kier alpha value is -3.60. The summed E-state index contributed by atoms with van der Waals surface area (Å²) in [4.78, 5) is 23.2. The van der Waals surface area contributed by atoms with Crippen molar-refractivity contribution in [1.29, 1.82) is 0 Å². The van der Waals surface area contributed by atoms with Crippen LogP contribution in [0.3, 0.4) is 0 Å². The van der Waals surface area contributed by atoms with E-state index in [1.54, 1.807) is 24.3 Å². The number of amidine groups is 1. The Balaban J connectivity index is 1.57. The number of nitrogens with one attached hydrogen (secondary N) is 1. The van der Waals surface area contributed by atoms with Crippen molar-refractivity contribution < 1.29 is 18.1 Å². The van der Waals surface area contributed by atoms with Gasteiger partial charge in [0.15, 0.2) is 5.84 Å². The van der Waals surface area contributed by atoms with Gasteiger partial charge >= 0.3 is 0 Å². The third kappa shape index (κ3) is 5.48. The standard InChI is InChI=1S/C23H25N5O5S/c29-22(25-18-8-2-1-3-9-18)13-14-27(24-16-17-7-6-10-19(15-17)28(30)31)23-20-11-4-5-12-21(20)34(32,33)26-23/h4-7,10-12,15-16,18H,1-3,8-9,13-14H2,(H,25,29)/b24-16+. The van der Waals surface area contributed by atoms with E-state index in [0.29, 0.717) is 11.1 Å². The van der Waals surface area contributed by atoms with Crippen molar-refractivity contribution in [2.24, 2.45) is 9.50 Å². The van der Waals surface area contributed by atoms with E-state index < -0.39 is 14.9 Å². The fraction of sp³-hybridized carbons (Fsp3) is 0.348. The second-order valence-corrected chi connectivity index (χ2v) is 9.83. The van der Waals surface area contributed by atoms with Crippen LogP contribution in [0, 0.1) is 10.1 Å². The Bertz CT molecular complexity index is 1250. The number of fused-ring (bicyclic) bond motifs is 1. The van der Waals surface area contributed by atoms with Gasteiger partial charge in [0.25, 0.3) is 15.7 Å². The first kappa shape index (κ1) is 23.6. The van der Waals surface area contributed by atoms with Gasteiger partial charge in [-0.05, 0) is 25.0 Å². The SMILES string of the molecule is O=C(CCN(/N=C/c1cccc([N+](=O)[O-])c1)C1=NS(=O)(=O)c2ccccc21)NC1CCCCC1. The Morgan fingerprint density at radius 2 is 1.94 bits per heavy atom. The molecule has 34 heavy (non-hydrogen) atoms. The zero-order valence-corrected chi connectivity index (χ0v) is 19.3. The van der Waals surface area contributed by atoms with Crippen LogP contribution in [0.2, 0.25) is 0 Å². The summed E-state index contributed by atoms with van der Waals surface area (Å²) in [5, 5.41) is 19.8. The molecular weight excluding hydrogens is 458 g/mol. The normalized spacial score (nSPS) is 17.2. The van der Waals surface area contributed by atoms with E-state index in [4.69, 9.17) is 0 Å². The number of rotatable bonds is 7. The van der Waals surface area contributed by atoms with E-state index in [0.717, 1.165) is 25.7 Å². The Morgan fingerprint density at radius 1 is 1.18 bits per heavy atom. The van der Waals surface area contributed by atoms with Crippen LogP contribution < -0.4 is 5.32 Å². The first-order valence-electron chi connectivity index (χ1n) is 11.1. The molecule has 0 spiro atoms. The number of nitro benzene ring substituents is 1. The highest BCUT2D eigenvalue weighted by atomic mass is 32.2. The van der Waals surface area contributed by atoms with E-state index in [-0.39, 0.29) is 41.3 Å². The lowest BCUT2D eigenvalue weighted by atomic mass is 9.95. The molecule has 0 atom stereocenters. The molecule has 2 aromatic rings. The molecule has 0 aromatic heterocycles. The van der Waals surface area contributed by atoms with Gasteiger partial charge in [-0.2, -0.15) is 13.5 Å². The molecule has 2 aromatic carbocycles. The molecule has 0 radical (unpaired) electrons. The summed E-state index contributed by atoms with van der Waals surface area (Å²) in [7, 11) is -3.88. The monoisotopic (exact) mass is 483 g/mol. The van der Waals surface area contributed by atoms with Crippen LogP contribution in [0.25, 0.3) is 0 Å². The van der Waals surface area contributed by atoms with E-state index in [1.807, 2.05) is 0 Å². The molecule has 11 heteroatoms. The Labute approximate surface area is 197 Å². The van der Waals surface area contributed by atoms with Gasteiger partial charge in [-0.3, -0.25) is 14.9 Å². The van der Waals surface area contributed by atoms with Crippen molar-refractivity contribution in [3.63, 3.8) is 0 Å². The number of hydrogen-bond donors (Lipinski definition) is 1. The number of nitrogens with zero attached hydrogens (tertiary/aromatic N) is 4. The smallest absolute Gasteiger partial charge is 0.285 e. The largest absolute Gasteiger partial charge is 0.353 e. The minimum absolute atomic E-state index is 0.0761. The predicted octanol–water partition coefficient (Wildman–Crippen LogP) is 3.22. The summed E-state index contributed by atoms with van der Waals surface area (Å²) in [6.07, 6.45) is 6.76. The van der Waals surface area contributed by atoms with Gasteiger partial charge in [0.1, 0.15) is 4.90 Å². The predicted molar refractivity (Wildman–Crippen MR) is 127 cm³/mol. The molecule has 0 bridgehead atoms. The average Bonchev–Trinajstić information content (AvgIpc) is 3.11. The molecule has 4 rings (SSSR count). The fourth-order valence-corrected chi connectivity index (χ4v) is 5.31. The second kappa shape index (κ2) is 10.1. The maximum Gasteiger partial charge on any atom is 0.285 e. The van der Waals surface area contributed by atoms with Gasteiger partial charge in [0.2, 0.25) is 5.91 Å². The third-order valence-corrected chi connectivity index (χ3v) is 7.13. The molecular formula is C23H25N5O5S. The van der Waals surface area contributed by atoms with Crippen molar-refractivity contribution in [3.05, 3.63) is 69.8 Å². The molecule has 1 heterocycles. The molecule has 1 amide bonds. The summed E-state index contributed by atoms with van der Waals surface area (Å²) < 4.78 is 29.0. The van der Waals surface area contributed by atoms with E-state index in [1.165, 1.54) is 41.9 Å². The highest BCUT2D eigenvalue weighted by Gasteiger charge is 2.32. The molecule has 1 N–H and O–H groups in total. The van der Waals surface area contributed by atoms with Crippen LogP contribution in [0.15, 0.2) is 62.9 Å². The molecule has 0 saturated heterocycles. The first-order valence-corrected chi connectivity index (χ1v) is 12.6. The second-order valence-electron chi connectivity index (χ2n) is 8.26. The van der Waals surface area contributed by atoms with Gasteiger partial charge in [-0.15, -0.1) is 4.40 Å². The summed E-state index contributed by atoms with van der Waals surface area (Å²) in [5.74, 6) is -0.0278. The number of carbonyl (C=O) groups is 1. The highest BCUT2D eigenvalue weighted by molar-refractivity contribution is 7.90. The van der Waals surface area contributed by atoms with Crippen LogP contribution in [0.1, 0.15) is 49.7 Å². The van der Waals surface area contributed by atoms with Gasteiger partial charge in [-0.25, -0.2) is 5.01 Å². The number of amides is 1. The number of carbonyl (C=O) groups excluding carboxylic acids is 1. The molecule has 0 unspecified atom stereocenters. The lowest BCUT2D eigenvalue weighted by Crippen LogP contribution is -2.38. The maximum atomic E-state index is 12.6. The Kier molecular flexibility index (Phi) is 7.01. The van der Waals surface area contributed by atoms with Gasteiger partial charge in [0, 0.05) is 35.7 Å². The molecule has 178 valence electrons. The number of sulfonamides is 1. The number of non-ortho nitro benzene ring substituents is 1.